The second-order valence-corrected chi connectivity index (χ2v) is 8.75. The van der Waals surface area contributed by atoms with E-state index in [1.165, 1.54) is 11.8 Å². The van der Waals surface area contributed by atoms with Crippen molar-refractivity contribution in [2.24, 2.45) is 0 Å². The first-order valence-electron chi connectivity index (χ1n) is 10.2. The Kier molecular flexibility index (Phi) is 4.63. The number of carbonyl (C=O) groups is 2. The van der Waals surface area contributed by atoms with Gasteiger partial charge in [0.2, 0.25) is 10.8 Å². The zero-order valence-corrected chi connectivity index (χ0v) is 17.6. The van der Waals surface area contributed by atoms with Gasteiger partial charge in [0, 0.05) is 11.3 Å². The van der Waals surface area contributed by atoms with Gasteiger partial charge in [-0.3, -0.25) is 14.5 Å². The molecular formula is C25H22N2O2S. The Morgan fingerprint density at radius 3 is 2.43 bits per heavy atom. The predicted octanol–water partition coefficient (Wildman–Crippen LogP) is 4.73. The lowest BCUT2D eigenvalue weighted by Crippen LogP contribution is -2.49. The van der Waals surface area contributed by atoms with Crippen LogP contribution >= 0.6 is 11.8 Å². The van der Waals surface area contributed by atoms with Gasteiger partial charge in [-0.2, -0.15) is 0 Å². The zero-order valence-electron chi connectivity index (χ0n) is 16.7. The van der Waals surface area contributed by atoms with Crippen molar-refractivity contribution >= 4 is 35.0 Å². The molecule has 3 aromatic rings. The molecule has 1 unspecified atom stereocenters. The predicted molar refractivity (Wildman–Crippen MR) is 122 cm³/mol. The number of anilines is 2. The van der Waals surface area contributed by atoms with E-state index in [-0.39, 0.29) is 17.6 Å². The van der Waals surface area contributed by atoms with Crippen molar-refractivity contribution in [3.8, 4) is 0 Å². The van der Waals surface area contributed by atoms with Crippen LogP contribution in [-0.4, -0.2) is 17.6 Å². The average Bonchev–Trinajstić information content (AvgIpc) is 3.26. The standard InChI is InChI=1S/C25H22N2O2S/c1-2-18-11-8-12-20(15-18)27-23(28)17-30-25(27)21-13-6-7-14-22(21)26(24(25)29)16-19-9-4-3-5-10-19/h3-15H,2,16-17H2,1H3. The lowest BCUT2D eigenvalue weighted by atomic mass is 10.0. The summed E-state index contributed by atoms with van der Waals surface area (Å²) < 4.78 is 0. The molecule has 5 rings (SSSR count). The highest BCUT2D eigenvalue weighted by atomic mass is 32.2. The van der Waals surface area contributed by atoms with Crippen LogP contribution in [0.5, 0.6) is 0 Å². The minimum atomic E-state index is -1.05. The normalized spacial score (nSPS) is 20.3. The Labute approximate surface area is 180 Å². The first kappa shape index (κ1) is 18.9. The topological polar surface area (TPSA) is 40.6 Å². The summed E-state index contributed by atoms with van der Waals surface area (Å²) in [6.07, 6.45) is 0.876. The Hall–Kier alpha value is -3.05. The van der Waals surface area contributed by atoms with E-state index in [0.29, 0.717) is 6.54 Å². The molecule has 5 heteroatoms. The van der Waals surface area contributed by atoms with E-state index in [9.17, 15) is 9.59 Å². The highest BCUT2D eigenvalue weighted by Crippen LogP contribution is 2.55. The van der Waals surface area contributed by atoms with Gasteiger partial charge in [-0.05, 0) is 35.7 Å². The number of amides is 2. The Bertz CT molecular complexity index is 1130. The van der Waals surface area contributed by atoms with E-state index in [4.69, 9.17) is 0 Å². The number of rotatable bonds is 4. The summed E-state index contributed by atoms with van der Waals surface area (Å²) in [7, 11) is 0. The second-order valence-electron chi connectivity index (χ2n) is 7.58. The van der Waals surface area contributed by atoms with Crippen LogP contribution in [0.3, 0.4) is 0 Å². The van der Waals surface area contributed by atoms with Crippen molar-refractivity contribution in [2.75, 3.05) is 15.6 Å². The summed E-state index contributed by atoms with van der Waals surface area (Å²) in [5, 5.41) is 0. The fourth-order valence-electron chi connectivity index (χ4n) is 4.39. The van der Waals surface area contributed by atoms with Crippen molar-refractivity contribution in [1.82, 2.24) is 0 Å². The number of hydrogen-bond donors (Lipinski definition) is 0. The van der Waals surface area contributed by atoms with Crippen LogP contribution < -0.4 is 9.80 Å². The fourth-order valence-corrected chi connectivity index (χ4v) is 5.75. The molecule has 1 fully saturated rings. The molecule has 0 aromatic heterocycles. The minimum absolute atomic E-state index is 0.0297. The fraction of sp³-hybridized carbons (Fsp3) is 0.200. The number of para-hydroxylation sites is 1. The van der Waals surface area contributed by atoms with E-state index in [2.05, 4.69) is 13.0 Å². The number of aryl methyl sites for hydroxylation is 1. The molecule has 3 aromatic carbocycles. The molecule has 30 heavy (non-hydrogen) atoms. The summed E-state index contributed by atoms with van der Waals surface area (Å²) in [5.74, 6) is 0.207. The smallest absolute Gasteiger partial charge is 0.269 e. The van der Waals surface area contributed by atoms with Crippen LogP contribution in [0, 0.1) is 0 Å². The maximum atomic E-state index is 14.0. The molecule has 0 bridgehead atoms. The van der Waals surface area contributed by atoms with Gasteiger partial charge >= 0.3 is 0 Å². The van der Waals surface area contributed by atoms with Crippen LogP contribution in [0.4, 0.5) is 11.4 Å². The van der Waals surface area contributed by atoms with Gasteiger partial charge < -0.3 is 4.90 Å². The van der Waals surface area contributed by atoms with Crippen molar-refractivity contribution in [2.45, 2.75) is 24.8 Å². The molecule has 0 N–H and O–H groups in total. The highest BCUT2D eigenvalue weighted by Gasteiger charge is 2.60. The molecule has 0 aliphatic carbocycles. The van der Waals surface area contributed by atoms with E-state index in [1.807, 2.05) is 77.7 Å². The largest absolute Gasteiger partial charge is 0.304 e. The third-order valence-electron chi connectivity index (χ3n) is 5.82. The van der Waals surface area contributed by atoms with Crippen LogP contribution in [0.2, 0.25) is 0 Å². The van der Waals surface area contributed by atoms with Gasteiger partial charge in [0.1, 0.15) is 0 Å². The Morgan fingerprint density at radius 1 is 0.900 bits per heavy atom. The molecule has 2 heterocycles. The van der Waals surface area contributed by atoms with Gasteiger partial charge in [-0.25, -0.2) is 0 Å². The summed E-state index contributed by atoms with van der Waals surface area (Å²) in [4.78, 5) is 29.6. The van der Waals surface area contributed by atoms with E-state index in [1.54, 1.807) is 4.90 Å². The van der Waals surface area contributed by atoms with Crippen LogP contribution in [0.1, 0.15) is 23.6 Å². The summed E-state index contributed by atoms with van der Waals surface area (Å²) in [6, 6.07) is 25.8. The van der Waals surface area contributed by atoms with Crippen LogP contribution in [0.25, 0.3) is 0 Å². The first-order chi connectivity index (χ1) is 14.6. The summed E-state index contributed by atoms with van der Waals surface area (Å²) >= 11 is 1.43. The zero-order chi connectivity index (χ0) is 20.7. The van der Waals surface area contributed by atoms with E-state index in [0.717, 1.165) is 34.5 Å². The number of nitrogens with zero attached hydrogens (tertiary/aromatic N) is 2. The van der Waals surface area contributed by atoms with Crippen molar-refractivity contribution < 1.29 is 9.59 Å². The molecule has 1 saturated heterocycles. The Balaban J connectivity index is 1.65. The third kappa shape index (κ3) is 2.76. The molecule has 1 atom stereocenters. The molecular weight excluding hydrogens is 392 g/mol. The number of hydrogen-bond acceptors (Lipinski definition) is 3. The maximum absolute atomic E-state index is 14.0. The quantitative estimate of drug-likeness (QED) is 0.620. The van der Waals surface area contributed by atoms with Crippen LogP contribution in [0.15, 0.2) is 78.9 Å². The molecule has 1 spiro atoms. The second kappa shape index (κ2) is 7.33. The van der Waals surface area contributed by atoms with Gasteiger partial charge in [0.05, 0.1) is 18.0 Å². The molecule has 0 saturated carbocycles. The van der Waals surface area contributed by atoms with Crippen LogP contribution in [-0.2, 0) is 27.4 Å². The molecule has 2 amide bonds. The summed E-state index contributed by atoms with van der Waals surface area (Å²) in [6.45, 7) is 2.57. The highest BCUT2D eigenvalue weighted by molar-refractivity contribution is 8.02. The lowest BCUT2D eigenvalue weighted by Gasteiger charge is -2.33. The van der Waals surface area contributed by atoms with Crippen molar-refractivity contribution in [1.29, 1.82) is 0 Å². The number of carbonyl (C=O) groups excluding carboxylic acids is 2. The van der Waals surface area contributed by atoms with Gasteiger partial charge in [0.25, 0.3) is 5.91 Å². The third-order valence-corrected chi connectivity index (χ3v) is 7.21. The molecule has 150 valence electrons. The van der Waals surface area contributed by atoms with E-state index >= 15 is 0 Å². The summed E-state index contributed by atoms with van der Waals surface area (Å²) in [5.41, 5.74) is 4.77. The van der Waals surface area contributed by atoms with E-state index < -0.39 is 4.87 Å². The van der Waals surface area contributed by atoms with Crippen molar-refractivity contribution in [3.05, 3.63) is 95.6 Å². The monoisotopic (exact) mass is 414 g/mol. The van der Waals surface area contributed by atoms with Gasteiger partial charge in [0.15, 0.2) is 0 Å². The van der Waals surface area contributed by atoms with Gasteiger partial charge in [-0.1, -0.05) is 67.6 Å². The molecule has 2 aliphatic rings. The molecule has 0 radical (unpaired) electrons. The minimum Gasteiger partial charge on any atom is -0.304 e. The number of benzene rings is 3. The lowest BCUT2D eigenvalue weighted by molar-refractivity contribution is -0.123. The first-order valence-corrected chi connectivity index (χ1v) is 11.1. The van der Waals surface area contributed by atoms with Crippen molar-refractivity contribution in [3.63, 3.8) is 0 Å². The van der Waals surface area contributed by atoms with Gasteiger partial charge in [-0.15, -0.1) is 11.8 Å². The number of thioether (sulfide) groups is 1. The maximum Gasteiger partial charge on any atom is 0.269 e. The SMILES string of the molecule is CCc1cccc(N2C(=O)CSC23C(=O)N(Cc2ccccc2)c2ccccc23)c1. The number of fused-ring (bicyclic) bond motifs is 2. The molecule has 2 aliphatic heterocycles. The average molecular weight is 415 g/mol. The molecule has 4 nitrogen and oxygen atoms in total. The Morgan fingerprint density at radius 2 is 1.63 bits per heavy atom.